The smallest absolute Gasteiger partial charge is 0.337 e. The van der Waals surface area contributed by atoms with Crippen LogP contribution in [0.2, 0.25) is 0 Å². The molecule has 1 aliphatic heterocycles. The number of pyridine rings is 1. The lowest BCUT2D eigenvalue weighted by Gasteiger charge is -2.16. The molecule has 0 bridgehead atoms. The zero-order chi connectivity index (χ0) is 22.8. The molecule has 0 aliphatic carbocycles. The van der Waals surface area contributed by atoms with E-state index in [0.29, 0.717) is 5.75 Å². The molecule has 0 fully saturated rings. The van der Waals surface area contributed by atoms with Crippen LogP contribution in [0.4, 0.5) is 5.69 Å². The Kier molecular flexibility index (Phi) is 5.73. The molecule has 2 heterocycles. The molecule has 32 heavy (non-hydrogen) atoms. The van der Waals surface area contributed by atoms with Gasteiger partial charge in [-0.15, -0.1) is 0 Å². The highest BCUT2D eigenvalue weighted by Gasteiger charge is 2.38. The molecule has 1 aromatic heterocycles. The maximum absolute atomic E-state index is 13.0. The highest BCUT2D eigenvalue weighted by atomic mass is 16.5. The van der Waals surface area contributed by atoms with Gasteiger partial charge in [-0.1, -0.05) is 32.0 Å². The number of rotatable bonds is 7. The highest BCUT2D eigenvalue weighted by molar-refractivity contribution is 6.35. The van der Waals surface area contributed by atoms with Crippen LogP contribution >= 0.6 is 0 Å². The molecule has 0 spiro atoms. The first-order valence-electron chi connectivity index (χ1n) is 10.4. The first kappa shape index (κ1) is 21.2. The SMILES string of the molecule is CCc1cc(OCc2ccc3c(c2)C(=O)N(c2ccccc2C(=O)O)C3=O)cc(CC)n1. The van der Waals surface area contributed by atoms with Crippen molar-refractivity contribution in [3.05, 3.63) is 88.2 Å². The van der Waals surface area contributed by atoms with Crippen molar-refractivity contribution in [2.75, 3.05) is 4.90 Å². The average molecular weight is 430 g/mol. The van der Waals surface area contributed by atoms with Gasteiger partial charge in [0.1, 0.15) is 12.4 Å². The number of aromatic carboxylic acids is 1. The molecule has 162 valence electrons. The van der Waals surface area contributed by atoms with E-state index in [2.05, 4.69) is 4.98 Å². The van der Waals surface area contributed by atoms with Crippen molar-refractivity contribution in [2.45, 2.75) is 33.3 Å². The van der Waals surface area contributed by atoms with Crippen LogP contribution in [0, 0.1) is 0 Å². The third-order valence-corrected chi connectivity index (χ3v) is 5.36. The minimum Gasteiger partial charge on any atom is -0.489 e. The van der Waals surface area contributed by atoms with Crippen molar-refractivity contribution in [1.29, 1.82) is 0 Å². The molecule has 0 radical (unpaired) electrons. The van der Waals surface area contributed by atoms with Crippen LogP contribution in [0.3, 0.4) is 0 Å². The van der Waals surface area contributed by atoms with Gasteiger partial charge in [-0.05, 0) is 42.7 Å². The Balaban J connectivity index is 1.60. The fraction of sp³-hybridized carbons (Fsp3) is 0.200. The average Bonchev–Trinajstić information content (AvgIpc) is 3.06. The quantitative estimate of drug-likeness (QED) is 0.562. The number of aromatic nitrogens is 1. The van der Waals surface area contributed by atoms with E-state index in [0.717, 1.165) is 34.7 Å². The van der Waals surface area contributed by atoms with E-state index in [9.17, 15) is 19.5 Å². The largest absolute Gasteiger partial charge is 0.489 e. The molecule has 2 amide bonds. The minimum absolute atomic E-state index is 0.0555. The van der Waals surface area contributed by atoms with Crippen molar-refractivity contribution < 1.29 is 24.2 Å². The fourth-order valence-corrected chi connectivity index (χ4v) is 3.68. The molecule has 7 heteroatoms. The first-order valence-corrected chi connectivity index (χ1v) is 10.4. The molecule has 0 unspecified atom stereocenters. The van der Waals surface area contributed by atoms with Gasteiger partial charge >= 0.3 is 5.97 Å². The lowest BCUT2D eigenvalue weighted by Crippen LogP contribution is -2.30. The van der Waals surface area contributed by atoms with E-state index in [1.54, 1.807) is 30.3 Å². The lowest BCUT2D eigenvalue weighted by atomic mass is 10.1. The number of amides is 2. The normalized spacial score (nSPS) is 12.8. The monoisotopic (exact) mass is 430 g/mol. The topological polar surface area (TPSA) is 96.8 Å². The van der Waals surface area contributed by atoms with Crippen molar-refractivity contribution >= 4 is 23.5 Å². The minimum atomic E-state index is -1.21. The number of hydrogen-bond acceptors (Lipinski definition) is 5. The number of carbonyl (C=O) groups is 3. The molecular formula is C25H22N2O5. The highest BCUT2D eigenvalue weighted by Crippen LogP contribution is 2.31. The van der Waals surface area contributed by atoms with Crippen LogP contribution in [0.1, 0.15) is 61.9 Å². The van der Waals surface area contributed by atoms with E-state index in [1.165, 1.54) is 12.1 Å². The number of para-hydroxylation sites is 1. The number of carboxylic acids is 1. The molecule has 0 atom stereocenters. The van der Waals surface area contributed by atoms with Crippen molar-refractivity contribution in [2.24, 2.45) is 0 Å². The number of imide groups is 1. The third kappa shape index (κ3) is 3.85. The summed E-state index contributed by atoms with van der Waals surface area (Å²) in [5.41, 5.74) is 3.04. The van der Waals surface area contributed by atoms with Gasteiger partial charge < -0.3 is 9.84 Å². The number of anilines is 1. The summed E-state index contributed by atoms with van der Waals surface area (Å²) < 4.78 is 5.93. The number of fused-ring (bicyclic) bond motifs is 1. The fourth-order valence-electron chi connectivity index (χ4n) is 3.68. The Morgan fingerprint density at radius 2 is 1.59 bits per heavy atom. The third-order valence-electron chi connectivity index (χ3n) is 5.36. The summed E-state index contributed by atoms with van der Waals surface area (Å²) in [7, 11) is 0. The molecule has 0 saturated carbocycles. The summed E-state index contributed by atoms with van der Waals surface area (Å²) in [4.78, 5) is 42.9. The maximum atomic E-state index is 13.0. The number of carbonyl (C=O) groups excluding carboxylic acids is 2. The first-order chi connectivity index (χ1) is 15.4. The summed E-state index contributed by atoms with van der Waals surface area (Å²) in [6, 6.07) is 14.7. The second kappa shape index (κ2) is 8.63. The van der Waals surface area contributed by atoms with Crippen molar-refractivity contribution in [3.8, 4) is 5.75 Å². The predicted molar refractivity (Wildman–Crippen MR) is 118 cm³/mol. The van der Waals surface area contributed by atoms with E-state index >= 15 is 0 Å². The second-order valence-corrected chi connectivity index (χ2v) is 7.43. The van der Waals surface area contributed by atoms with Gasteiger partial charge in [0.25, 0.3) is 11.8 Å². The number of hydrogen-bond donors (Lipinski definition) is 1. The van der Waals surface area contributed by atoms with E-state index in [1.807, 2.05) is 26.0 Å². The summed E-state index contributed by atoms with van der Waals surface area (Å²) in [6.45, 7) is 4.28. The molecule has 1 aliphatic rings. The Hall–Kier alpha value is -4.00. The molecular weight excluding hydrogens is 408 g/mol. The number of ether oxygens (including phenoxy) is 1. The Bertz CT molecular complexity index is 1210. The predicted octanol–water partition coefficient (Wildman–Crippen LogP) is 4.28. The number of nitrogens with zero attached hydrogens (tertiary/aromatic N) is 2. The summed E-state index contributed by atoms with van der Waals surface area (Å²) in [5, 5.41) is 9.44. The van der Waals surface area contributed by atoms with Crippen LogP contribution in [-0.4, -0.2) is 27.9 Å². The van der Waals surface area contributed by atoms with Crippen molar-refractivity contribution in [3.63, 3.8) is 0 Å². The Morgan fingerprint density at radius 3 is 2.25 bits per heavy atom. The van der Waals surface area contributed by atoms with Crippen LogP contribution in [0.15, 0.2) is 54.6 Å². The Labute approximate surface area is 185 Å². The van der Waals surface area contributed by atoms with Crippen LogP contribution in [-0.2, 0) is 19.4 Å². The summed E-state index contributed by atoms with van der Waals surface area (Å²) >= 11 is 0. The van der Waals surface area contributed by atoms with Gasteiger partial charge in [-0.3, -0.25) is 14.6 Å². The molecule has 7 nitrogen and oxygen atoms in total. The molecule has 0 saturated heterocycles. The molecule has 2 aromatic carbocycles. The van der Waals surface area contributed by atoms with E-state index in [-0.39, 0.29) is 29.0 Å². The maximum Gasteiger partial charge on any atom is 0.337 e. The van der Waals surface area contributed by atoms with E-state index < -0.39 is 17.8 Å². The van der Waals surface area contributed by atoms with Crippen LogP contribution in [0.25, 0.3) is 0 Å². The summed E-state index contributed by atoms with van der Waals surface area (Å²) in [6.07, 6.45) is 1.60. The second-order valence-electron chi connectivity index (χ2n) is 7.43. The van der Waals surface area contributed by atoms with Gasteiger partial charge in [0.05, 0.1) is 22.4 Å². The van der Waals surface area contributed by atoms with Gasteiger partial charge in [-0.25, -0.2) is 9.69 Å². The van der Waals surface area contributed by atoms with Crippen LogP contribution in [0.5, 0.6) is 5.75 Å². The number of benzene rings is 2. The summed E-state index contributed by atoms with van der Waals surface area (Å²) in [5.74, 6) is -1.60. The molecule has 4 rings (SSSR count). The Morgan fingerprint density at radius 1 is 0.938 bits per heavy atom. The molecule has 1 N–H and O–H groups in total. The standard InChI is InChI=1S/C25H22N2O5/c1-3-16-12-18(13-17(4-2)26-16)32-14-15-9-10-19-21(11-15)24(29)27(23(19)28)22-8-6-5-7-20(22)25(30)31/h5-13H,3-4,14H2,1-2H3,(H,30,31). The number of carboxylic acid groups (broad SMARTS) is 1. The van der Waals surface area contributed by atoms with Gasteiger partial charge in [0.15, 0.2) is 0 Å². The zero-order valence-corrected chi connectivity index (χ0v) is 17.8. The lowest BCUT2D eigenvalue weighted by molar-refractivity contribution is 0.0698. The number of aryl methyl sites for hydroxylation is 2. The molecule has 3 aromatic rings. The zero-order valence-electron chi connectivity index (χ0n) is 17.8. The van der Waals surface area contributed by atoms with Gasteiger partial charge in [0.2, 0.25) is 0 Å². The van der Waals surface area contributed by atoms with Crippen molar-refractivity contribution in [1.82, 2.24) is 4.98 Å². The van der Waals surface area contributed by atoms with Gasteiger partial charge in [-0.2, -0.15) is 0 Å². The van der Waals surface area contributed by atoms with E-state index in [4.69, 9.17) is 4.74 Å². The van der Waals surface area contributed by atoms with Crippen LogP contribution < -0.4 is 9.64 Å². The van der Waals surface area contributed by atoms with Gasteiger partial charge in [0, 0.05) is 23.5 Å².